The Bertz CT molecular complexity index is 1730. The number of aliphatic hydroxyl groups excluding tert-OH is 1. The van der Waals surface area contributed by atoms with Crippen LogP contribution in [0.15, 0.2) is 112 Å². The molecule has 1 aliphatic heterocycles. The maximum Gasteiger partial charge on any atom is 0.266 e. The molecule has 236 valence electrons. The first-order valence-electron chi connectivity index (χ1n) is 14.7. The quantitative estimate of drug-likeness (QED) is 0.0448. The number of hydrogen-bond acceptors (Lipinski definition) is 7. The van der Waals surface area contributed by atoms with E-state index in [0.29, 0.717) is 54.1 Å². The molecule has 3 N–H and O–H groups in total. The normalized spacial score (nSPS) is 17.0. The van der Waals surface area contributed by atoms with Crippen molar-refractivity contribution in [2.45, 2.75) is 30.9 Å². The minimum Gasteiger partial charge on any atom is -0.494 e. The lowest BCUT2D eigenvalue weighted by molar-refractivity contribution is -0.130. The van der Waals surface area contributed by atoms with Gasteiger partial charge in [-0.05, 0) is 77.2 Å². The van der Waals surface area contributed by atoms with Crippen molar-refractivity contribution in [1.82, 2.24) is 10.9 Å². The standard InChI is InChI=1S/C34H32BrFN6O4/c35-27-13-9-24(10-14-27)31-34(22-26-6-1-2-8-30(26)40-42-37,33(44)41-38-18-17-23-5-3-7-28(36)21-23)39-32(46-31)25-11-15-29(16-12-25)45-20-4-19-43/h1-3,5-16,21,31,38,43H,4,17-20,22H2,(H,41,44)/t31-,34-/m0/s1. The summed E-state index contributed by atoms with van der Waals surface area (Å²) < 4.78 is 26.8. The highest BCUT2D eigenvalue weighted by molar-refractivity contribution is 9.10. The molecule has 2 atom stereocenters. The number of hydrazine groups is 1. The van der Waals surface area contributed by atoms with E-state index in [9.17, 15) is 14.7 Å². The van der Waals surface area contributed by atoms with Crippen LogP contribution in [0.3, 0.4) is 0 Å². The van der Waals surface area contributed by atoms with Gasteiger partial charge in [0.1, 0.15) is 11.6 Å². The number of hydrogen-bond donors (Lipinski definition) is 3. The second-order valence-corrected chi connectivity index (χ2v) is 11.5. The predicted molar refractivity (Wildman–Crippen MR) is 176 cm³/mol. The molecule has 0 bridgehead atoms. The molecule has 1 aliphatic rings. The van der Waals surface area contributed by atoms with Crippen molar-refractivity contribution >= 4 is 33.4 Å². The number of amides is 1. The summed E-state index contributed by atoms with van der Waals surface area (Å²) in [6, 6.07) is 27.9. The van der Waals surface area contributed by atoms with E-state index in [-0.39, 0.29) is 24.7 Å². The highest BCUT2D eigenvalue weighted by Crippen LogP contribution is 2.44. The lowest BCUT2D eigenvalue weighted by atomic mass is 9.81. The summed E-state index contributed by atoms with van der Waals surface area (Å²) in [6.45, 7) is 0.741. The highest BCUT2D eigenvalue weighted by Gasteiger charge is 2.53. The van der Waals surface area contributed by atoms with Crippen molar-refractivity contribution in [3.8, 4) is 5.75 Å². The lowest BCUT2D eigenvalue weighted by Crippen LogP contribution is -2.54. The van der Waals surface area contributed by atoms with E-state index in [1.54, 1.807) is 54.6 Å². The molecule has 0 aromatic heterocycles. The first-order valence-corrected chi connectivity index (χ1v) is 15.5. The van der Waals surface area contributed by atoms with Crippen molar-refractivity contribution in [2.24, 2.45) is 10.1 Å². The van der Waals surface area contributed by atoms with Gasteiger partial charge in [0.15, 0.2) is 11.6 Å². The zero-order valence-electron chi connectivity index (χ0n) is 24.8. The van der Waals surface area contributed by atoms with Crippen molar-refractivity contribution in [3.05, 3.63) is 140 Å². The van der Waals surface area contributed by atoms with E-state index in [1.807, 2.05) is 30.3 Å². The summed E-state index contributed by atoms with van der Waals surface area (Å²) in [4.78, 5) is 22.3. The highest BCUT2D eigenvalue weighted by atomic mass is 79.9. The summed E-state index contributed by atoms with van der Waals surface area (Å²) in [5.74, 6) is 0.0849. The van der Waals surface area contributed by atoms with Gasteiger partial charge in [-0.1, -0.05) is 69.6 Å². The number of nitrogens with zero attached hydrogens (tertiary/aromatic N) is 4. The van der Waals surface area contributed by atoms with E-state index in [0.717, 1.165) is 10.0 Å². The second kappa shape index (κ2) is 15.5. The second-order valence-electron chi connectivity index (χ2n) is 10.6. The van der Waals surface area contributed by atoms with Crippen LogP contribution in [-0.4, -0.2) is 42.2 Å². The molecule has 0 radical (unpaired) electrons. The Morgan fingerprint density at radius 3 is 2.61 bits per heavy atom. The molecule has 46 heavy (non-hydrogen) atoms. The molecule has 0 aliphatic carbocycles. The van der Waals surface area contributed by atoms with E-state index < -0.39 is 17.6 Å². The van der Waals surface area contributed by atoms with Crippen molar-refractivity contribution in [3.63, 3.8) is 0 Å². The Kier molecular flexibility index (Phi) is 11.0. The average Bonchev–Trinajstić information content (AvgIpc) is 3.45. The number of aliphatic hydroxyl groups is 1. The largest absolute Gasteiger partial charge is 0.494 e. The molecule has 1 amide bonds. The number of aliphatic imine (C=N–C) groups is 1. The van der Waals surface area contributed by atoms with Crippen LogP contribution in [0, 0.1) is 5.82 Å². The summed E-state index contributed by atoms with van der Waals surface area (Å²) in [5.41, 5.74) is 16.6. The molecule has 0 saturated heterocycles. The number of ether oxygens (including phenoxy) is 2. The van der Waals surface area contributed by atoms with Crippen molar-refractivity contribution < 1.29 is 23.8 Å². The van der Waals surface area contributed by atoms with Crippen molar-refractivity contribution in [1.29, 1.82) is 0 Å². The fourth-order valence-corrected chi connectivity index (χ4v) is 5.43. The van der Waals surface area contributed by atoms with Crippen LogP contribution in [0.4, 0.5) is 10.1 Å². The number of carbonyl (C=O) groups is 1. The van der Waals surface area contributed by atoms with Crippen LogP contribution in [0.2, 0.25) is 0 Å². The first-order chi connectivity index (χ1) is 22.4. The minimum atomic E-state index is -1.54. The van der Waals surface area contributed by atoms with E-state index in [1.165, 1.54) is 12.1 Å². The third kappa shape index (κ3) is 7.91. The summed E-state index contributed by atoms with van der Waals surface area (Å²) in [6.07, 6.45) is 0.169. The van der Waals surface area contributed by atoms with Crippen LogP contribution in [0.5, 0.6) is 5.75 Å². The fourth-order valence-electron chi connectivity index (χ4n) is 5.17. The maximum absolute atomic E-state index is 14.4. The third-order valence-electron chi connectivity index (χ3n) is 7.44. The topological polar surface area (TPSA) is 141 Å². The lowest BCUT2D eigenvalue weighted by Gasteiger charge is -2.31. The number of azide groups is 1. The number of halogens is 2. The number of rotatable bonds is 14. The smallest absolute Gasteiger partial charge is 0.266 e. The first kappa shape index (κ1) is 32.6. The van der Waals surface area contributed by atoms with Gasteiger partial charge in [-0.3, -0.25) is 10.2 Å². The van der Waals surface area contributed by atoms with Crippen LogP contribution in [0.1, 0.15) is 34.8 Å². The Morgan fingerprint density at radius 1 is 1.09 bits per heavy atom. The van der Waals surface area contributed by atoms with Gasteiger partial charge in [0.2, 0.25) is 5.90 Å². The SMILES string of the molecule is [N-]=[N+]=Nc1ccccc1C[C@]1(C(=O)NNCCc2cccc(F)c2)N=C(c2ccc(OCCCO)cc2)O[C@H]1c1ccc(Br)cc1. The average molecular weight is 688 g/mol. The summed E-state index contributed by atoms with van der Waals surface area (Å²) in [7, 11) is 0. The number of benzene rings is 4. The van der Waals surface area contributed by atoms with Gasteiger partial charge in [0.05, 0.1) is 6.61 Å². The van der Waals surface area contributed by atoms with Gasteiger partial charge in [-0.2, -0.15) is 0 Å². The molecule has 0 spiro atoms. The molecule has 0 saturated carbocycles. The van der Waals surface area contributed by atoms with Gasteiger partial charge < -0.3 is 14.6 Å². The van der Waals surface area contributed by atoms with E-state index in [4.69, 9.17) is 19.6 Å². The van der Waals surface area contributed by atoms with Crippen molar-refractivity contribution in [2.75, 3.05) is 19.8 Å². The zero-order valence-corrected chi connectivity index (χ0v) is 26.4. The molecule has 5 rings (SSSR count). The summed E-state index contributed by atoms with van der Waals surface area (Å²) in [5, 5.41) is 12.9. The number of nitrogens with one attached hydrogen (secondary N) is 2. The summed E-state index contributed by atoms with van der Waals surface area (Å²) >= 11 is 3.48. The molecule has 12 heteroatoms. The monoisotopic (exact) mass is 686 g/mol. The zero-order chi connectivity index (χ0) is 32.4. The molecular weight excluding hydrogens is 655 g/mol. The third-order valence-corrected chi connectivity index (χ3v) is 7.96. The molecular formula is C34H32BrFN6O4. The Morgan fingerprint density at radius 2 is 1.87 bits per heavy atom. The minimum absolute atomic E-state index is 0.0345. The molecule has 0 fully saturated rings. The maximum atomic E-state index is 14.4. The van der Waals surface area contributed by atoms with E-state index in [2.05, 4.69) is 36.8 Å². The van der Waals surface area contributed by atoms with E-state index >= 15 is 0 Å². The van der Waals surface area contributed by atoms with Gasteiger partial charge >= 0.3 is 0 Å². The molecule has 4 aromatic rings. The predicted octanol–water partition coefficient (Wildman–Crippen LogP) is 6.65. The Hall–Kier alpha value is -4.74. The number of carbonyl (C=O) groups excluding carboxylic acids is 1. The van der Waals surface area contributed by atoms with Gasteiger partial charge in [0.25, 0.3) is 5.91 Å². The molecule has 1 heterocycles. The van der Waals surface area contributed by atoms with Crippen LogP contribution in [0.25, 0.3) is 10.4 Å². The van der Waals surface area contributed by atoms with Crippen LogP contribution < -0.4 is 15.6 Å². The van der Waals surface area contributed by atoms with Crippen LogP contribution in [-0.2, 0) is 22.4 Å². The van der Waals surface area contributed by atoms with Gasteiger partial charge in [-0.25, -0.2) is 14.8 Å². The molecule has 4 aromatic carbocycles. The van der Waals surface area contributed by atoms with Gasteiger partial charge in [-0.15, -0.1) is 0 Å². The Balaban J connectivity index is 1.51. The molecule has 0 unspecified atom stereocenters. The molecule has 10 nitrogen and oxygen atoms in total. The van der Waals surface area contributed by atoms with Crippen LogP contribution >= 0.6 is 15.9 Å². The Labute approximate surface area is 274 Å². The fraction of sp³-hybridized carbons (Fsp3) is 0.235. The van der Waals surface area contributed by atoms with Gasteiger partial charge in [0, 0.05) is 46.6 Å².